The van der Waals surface area contributed by atoms with Crippen LogP contribution in [0.2, 0.25) is 0 Å². The number of H-pyrrole nitrogens is 1. The maximum Gasteiger partial charge on any atom is 0.276 e. The van der Waals surface area contributed by atoms with Crippen LogP contribution in [0.3, 0.4) is 0 Å². The lowest BCUT2D eigenvalue weighted by Crippen LogP contribution is -2.21. The molecule has 2 rings (SSSR count). The van der Waals surface area contributed by atoms with Gasteiger partial charge >= 0.3 is 0 Å². The van der Waals surface area contributed by atoms with Crippen molar-refractivity contribution in [3.8, 4) is 0 Å². The first-order valence-corrected chi connectivity index (χ1v) is 4.29. The number of hydrogen-bond donors (Lipinski definition) is 1. The number of aryl methyl sites for hydroxylation is 1. The molecule has 2 aromatic rings. The van der Waals surface area contributed by atoms with E-state index in [1.807, 2.05) is 13.8 Å². The van der Waals surface area contributed by atoms with Gasteiger partial charge in [-0.2, -0.15) is 0 Å². The van der Waals surface area contributed by atoms with Crippen molar-refractivity contribution < 1.29 is 0 Å². The lowest BCUT2D eigenvalue weighted by Gasteiger charge is -2.01. The van der Waals surface area contributed by atoms with Gasteiger partial charge in [0.1, 0.15) is 0 Å². The molecule has 4 nitrogen and oxygen atoms in total. The van der Waals surface area contributed by atoms with Crippen molar-refractivity contribution in [1.29, 1.82) is 0 Å². The highest BCUT2D eigenvalue weighted by atomic mass is 16.1. The molecule has 0 aliphatic rings. The van der Waals surface area contributed by atoms with Gasteiger partial charge in [-0.05, 0) is 13.3 Å². The van der Waals surface area contributed by atoms with E-state index < -0.39 is 0 Å². The molecule has 68 valence electrons. The molecular formula is C9H11N3O. The number of nitrogens with zero attached hydrogens (tertiary/aromatic N) is 2. The molecular weight excluding hydrogens is 166 g/mol. The van der Waals surface area contributed by atoms with Crippen molar-refractivity contribution in [2.75, 3.05) is 0 Å². The van der Waals surface area contributed by atoms with E-state index in [2.05, 4.69) is 10.1 Å². The Balaban J connectivity index is 2.93. The van der Waals surface area contributed by atoms with Gasteiger partial charge in [0.25, 0.3) is 5.56 Å². The first-order valence-electron chi connectivity index (χ1n) is 4.29. The monoisotopic (exact) mass is 177 g/mol. The van der Waals surface area contributed by atoms with Crippen molar-refractivity contribution >= 4 is 5.65 Å². The van der Waals surface area contributed by atoms with Gasteiger partial charge in [0.2, 0.25) is 0 Å². The summed E-state index contributed by atoms with van der Waals surface area (Å²) in [5.74, 6) is 0. The molecule has 2 heterocycles. The third-order valence-corrected chi connectivity index (χ3v) is 2.20. The SMILES string of the molecule is CCc1c(C)nc2cc[nH]n2c1=O. The first kappa shape index (κ1) is 8.04. The van der Waals surface area contributed by atoms with Crippen LogP contribution in [0.25, 0.3) is 5.65 Å². The first-order chi connectivity index (χ1) is 6.24. The molecule has 0 unspecified atom stereocenters. The minimum atomic E-state index is 0.00926. The summed E-state index contributed by atoms with van der Waals surface area (Å²) in [6.07, 6.45) is 2.43. The molecule has 0 saturated carbocycles. The number of hydrogen-bond acceptors (Lipinski definition) is 2. The van der Waals surface area contributed by atoms with Crippen molar-refractivity contribution in [2.24, 2.45) is 0 Å². The quantitative estimate of drug-likeness (QED) is 0.703. The lowest BCUT2D eigenvalue weighted by molar-refractivity contribution is 0.853. The molecule has 0 aliphatic heterocycles. The van der Waals surface area contributed by atoms with Crippen molar-refractivity contribution in [3.05, 3.63) is 33.9 Å². The van der Waals surface area contributed by atoms with Gasteiger partial charge in [-0.1, -0.05) is 6.92 Å². The Morgan fingerprint density at radius 2 is 2.38 bits per heavy atom. The highest BCUT2D eigenvalue weighted by molar-refractivity contribution is 5.38. The number of fused-ring (bicyclic) bond motifs is 1. The highest BCUT2D eigenvalue weighted by Crippen LogP contribution is 2.02. The zero-order chi connectivity index (χ0) is 9.42. The molecule has 1 N–H and O–H groups in total. The second-order valence-corrected chi connectivity index (χ2v) is 2.99. The predicted molar refractivity (Wildman–Crippen MR) is 49.9 cm³/mol. The Hall–Kier alpha value is -1.58. The second kappa shape index (κ2) is 2.73. The van der Waals surface area contributed by atoms with Gasteiger partial charge in [-0.25, -0.2) is 9.50 Å². The Labute approximate surface area is 75.2 Å². The Morgan fingerprint density at radius 3 is 3.08 bits per heavy atom. The van der Waals surface area contributed by atoms with Crippen molar-refractivity contribution in [1.82, 2.24) is 14.6 Å². The van der Waals surface area contributed by atoms with Gasteiger partial charge in [-0.15, -0.1) is 0 Å². The van der Waals surface area contributed by atoms with Gasteiger partial charge in [-0.3, -0.25) is 9.89 Å². The van der Waals surface area contributed by atoms with Gasteiger partial charge in [0.05, 0.1) is 0 Å². The Bertz CT molecular complexity index is 495. The summed E-state index contributed by atoms with van der Waals surface area (Å²) in [6.45, 7) is 3.83. The summed E-state index contributed by atoms with van der Waals surface area (Å²) in [5, 5.41) is 2.83. The molecule has 0 spiro atoms. The number of rotatable bonds is 1. The number of nitrogens with one attached hydrogen (secondary N) is 1. The maximum absolute atomic E-state index is 11.7. The summed E-state index contributed by atoms with van der Waals surface area (Å²) >= 11 is 0. The van der Waals surface area contributed by atoms with E-state index in [4.69, 9.17) is 0 Å². The Kier molecular flexibility index (Phi) is 1.69. The molecule has 0 saturated heterocycles. The van der Waals surface area contributed by atoms with E-state index in [1.54, 1.807) is 12.3 Å². The van der Waals surface area contributed by atoms with Gasteiger partial charge < -0.3 is 0 Å². The number of aromatic amines is 1. The fourth-order valence-corrected chi connectivity index (χ4v) is 1.51. The summed E-state index contributed by atoms with van der Waals surface area (Å²) in [4.78, 5) is 16.0. The van der Waals surface area contributed by atoms with E-state index in [1.165, 1.54) is 4.52 Å². The number of aromatic nitrogens is 3. The fourth-order valence-electron chi connectivity index (χ4n) is 1.51. The van der Waals surface area contributed by atoms with E-state index in [-0.39, 0.29) is 5.56 Å². The van der Waals surface area contributed by atoms with E-state index >= 15 is 0 Å². The van der Waals surface area contributed by atoms with Crippen LogP contribution in [0.5, 0.6) is 0 Å². The zero-order valence-electron chi connectivity index (χ0n) is 7.66. The minimum absolute atomic E-state index is 0.00926. The smallest absolute Gasteiger partial charge is 0.276 e. The summed E-state index contributed by atoms with van der Waals surface area (Å²) in [7, 11) is 0. The molecule has 0 aromatic carbocycles. The van der Waals surface area contributed by atoms with Crippen LogP contribution in [0.4, 0.5) is 0 Å². The standard InChI is InChI=1S/C9H11N3O/c1-3-7-6(2)11-8-4-5-10-12(8)9(7)13/h4-5,10H,3H2,1-2H3. The van der Waals surface area contributed by atoms with Crippen molar-refractivity contribution in [3.63, 3.8) is 0 Å². The molecule has 2 aromatic heterocycles. The highest BCUT2D eigenvalue weighted by Gasteiger charge is 2.07. The largest absolute Gasteiger partial charge is 0.297 e. The summed E-state index contributed by atoms with van der Waals surface area (Å²) < 4.78 is 1.46. The minimum Gasteiger partial charge on any atom is -0.297 e. The van der Waals surface area contributed by atoms with E-state index in [9.17, 15) is 4.79 Å². The van der Waals surface area contributed by atoms with Crippen LogP contribution >= 0.6 is 0 Å². The van der Waals surface area contributed by atoms with Crippen LogP contribution in [-0.2, 0) is 6.42 Å². The molecule has 0 radical (unpaired) electrons. The normalized spacial score (nSPS) is 10.9. The van der Waals surface area contributed by atoms with Crippen LogP contribution < -0.4 is 5.56 Å². The summed E-state index contributed by atoms with van der Waals surface area (Å²) in [5.41, 5.74) is 2.29. The van der Waals surface area contributed by atoms with Gasteiger partial charge in [0.15, 0.2) is 5.65 Å². The topological polar surface area (TPSA) is 50.2 Å². The molecule has 0 amide bonds. The van der Waals surface area contributed by atoms with Crippen molar-refractivity contribution in [2.45, 2.75) is 20.3 Å². The second-order valence-electron chi connectivity index (χ2n) is 2.99. The molecule has 0 bridgehead atoms. The van der Waals surface area contributed by atoms with Crippen LogP contribution in [0, 0.1) is 6.92 Å². The van der Waals surface area contributed by atoms with Crippen LogP contribution in [0.15, 0.2) is 17.1 Å². The van der Waals surface area contributed by atoms with Crippen LogP contribution in [0.1, 0.15) is 18.2 Å². The summed E-state index contributed by atoms with van der Waals surface area (Å²) in [6, 6.07) is 1.79. The van der Waals surface area contributed by atoms with E-state index in [0.717, 1.165) is 17.7 Å². The zero-order valence-corrected chi connectivity index (χ0v) is 7.66. The molecule has 0 atom stereocenters. The molecule has 13 heavy (non-hydrogen) atoms. The molecule has 0 fully saturated rings. The average Bonchev–Trinajstić information content (AvgIpc) is 2.53. The van der Waals surface area contributed by atoms with E-state index in [0.29, 0.717) is 5.65 Å². The predicted octanol–water partition coefficient (Wildman–Crippen LogP) is 0.893. The molecule has 0 aliphatic carbocycles. The average molecular weight is 177 g/mol. The lowest BCUT2D eigenvalue weighted by atomic mass is 10.2. The Morgan fingerprint density at radius 1 is 1.62 bits per heavy atom. The fraction of sp³-hybridized carbons (Fsp3) is 0.333. The van der Waals surface area contributed by atoms with Gasteiger partial charge in [0, 0.05) is 23.5 Å². The maximum atomic E-state index is 11.7. The van der Waals surface area contributed by atoms with Crippen LogP contribution in [-0.4, -0.2) is 14.6 Å². The third-order valence-electron chi connectivity index (χ3n) is 2.20. The molecule has 4 heteroatoms. The third kappa shape index (κ3) is 1.06.